The van der Waals surface area contributed by atoms with Gasteiger partial charge in [-0.15, -0.1) is 11.3 Å². The zero-order valence-electron chi connectivity index (χ0n) is 15.4. The molecule has 1 N–H and O–H groups in total. The SMILES string of the molecule is O=S1(=O)CCC(Nc2nc(-c3cccnc3)nc3scc(-c4ccccc4)c23)C1. The Hall–Kier alpha value is -2.84. The third-order valence-electron chi connectivity index (χ3n) is 5.01. The van der Waals surface area contributed by atoms with E-state index in [0.717, 1.165) is 26.9 Å². The first-order valence-electron chi connectivity index (χ1n) is 9.31. The molecule has 3 aromatic heterocycles. The van der Waals surface area contributed by atoms with Crippen LogP contribution in [0.3, 0.4) is 0 Å². The molecule has 4 heterocycles. The molecule has 0 bridgehead atoms. The molecule has 1 atom stereocenters. The number of sulfone groups is 1. The van der Waals surface area contributed by atoms with Gasteiger partial charge in [0, 0.05) is 34.9 Å². The third-order valence-corrected chi connectivity index (χ3v) is 7.65. The predicted octanol–water partition coefficient (Wildman–Crippen LogP) is 4.02. The summed E-state index contributed by atoms with van der Waals surface area (Å²) in [7, 11) is -2.99. The van der Waals surface area contributed by atoms with Crippen molar-refractivity contribution < 1.29 is 8.42 Å². The van der Waals surface area contributed by atoms with Crippen molar-refractivity contribution in [1.82, 2.24) is 15.0 Å². The lowest BCUT2D eigenvalue weighted by molar-refractivity contribution is 0.602. The number of benzene rings is 1. The van der Waals surface area contributed by atoms with Crippen molar-refractivity contribution in [2.75, 3.05) is 16.8 Å². The molecule has 1 fully saturated rings. The highest BCUT2D eigenvalue weighted by atomic mass is 32.2. The largest absolute Gasteiger partial charge is 0.366 e. The van der Waals surface area contributed by atoms with E-state index in [-0.39, 0.29) is 17.5 Å². The summed E-state index contributed by atoms with van der Waals surface area (Å²) in [5.41, 5.74) is 2.96. The van der Waals surface area contributed by atoms with E-state index >= 15 is 0 Å². The van der Waals surface area contributed by atoms with Crippen LogP contribution >= 0.6 is 11.3 Å². The molecule has 0 spiro atoms. The Morgan fingerprint density at radius 3 is 2.59 bits per heavy atom. The van der Waals surface area contributed by atoms with Crippen molar-refractivity contribution in [2.45, 2.75) is 12.5 Å². The Kier molecular flexibility index (Phi) is 4.52. The number of pyridine rings is 1. The number of hydrogen-bond donors (Lipinski definition) is 1. The standard InChI is InChI=1S/C21H18N4O2S2/c26-29(27)10-8-16(13-29)23-20-18-17(14-5-2-1-3-6-14)12-28-21(18)25-19(24-20)15-7-4-9-22-11-15/h1-7,9,11-12,16H,8,10,13H2,(H,23,24,25). The molecule has 146 valence electrons. The maximum absolute atomic E-state index is 11.9. The number of aromatic nitrogens is 3. The zero-order valence-corrected chi connectivity index (χ0v) is 17.1. The van der Waals surface area contributed by atoms with E-state index in [2.05, 4.69) is 27.8 Å². The van der Waals surface area contributed by atoms with E-state index in [0.29, 0.717) is 18.1 Å². The van der Waals surface area contributed by atoms with Gasteiger partial charge in [0.25, 0.3) is 0 Å². The number of fused-ring (bicyclic) bond motifs is 1. The molecule has 0 amide bonds. The van der Waals surface area contributed by atoms with Crippen molar-refractivity contribution >= 4 is 37.2 Å². The molecule has 1 aromatic carbocycles. The maximum Gasteiger partial charge on any atom is 0.164 e. The highest BCUT2D eigenvalue weighted by Gasteiger charge is 2.29. The fourth-order valence-electron chi connectivity index (χ4n) is 3.60. The first-order valence-corrected chi connectivity index (χ1v) is 12.0. The molecule has 4 aromatic rings. The van der Waals surface area contributed by atoms with Gasteiger partial charge in [-0.3, -0.25) is 4.98 Å². The molecular formula is C21H18N4O2S2. The molecule has 29 heavy (non-hydrogen) atoms. The molecule has 0 aliphatic carbocycles. The Morgan fingerprint density at radius 2 is 1.86 bits per heavy atom. The predicted molar refractivity (Wildman–Crippen MR) is 117 cm³/mol. The number of nitrogens with one attached hydrogen (secondary N) is 1. The van der Waals surface area contributed by atoms with Crippen LogP contribution in [-0.4, -0.2) is 40.9 Å². The Balaban J connectivity index is 1.66. The molecule has 1 unspecified atom stereocenters. The quantitative estimate of drug-likeness (QED) is 0.535. The van der Waals surface area contributed by atoms with Crippen molar-refractivity contribution in [3.63, 3.8) is 0 Å². The van der Waals surface area contributed by atoms with Gasteiger partial charge in [-0.2, -0.15) is 0 Å². The van der Waals surface area contributed by atoms with Gasteiger partial charge < -0.3 is 5.32 Å². The minimum Gasteiger partial charge on any atom is -0.366 e. The van der Waals surface area contributed by atoms with Crippen LogP contribution in [0.1, 0.15) is 6.42 Å². The lowest BCUT2D eigenvalue weighted by atomic mass is 10.1. The van der Waals surface area contributed by atoms with Crippen LogP contribution in [0.5, 0.6) is 0 Å². The summed E-state index contributed by atoms with van der Waals surface area (Å²) in [5, 5.41) is 6.41. The minimum atomic E-state index is -2.99. The van der Waals surface area contributed by atoms with Gasteiger partial charge in [0.2, 0.25) is 0 Å². The van der Waals surface area contributed by atoms with Crippen LogP contribution in [0.2, 0.25) is 0 Å². The van der Waals surface area contributed by atoms with Gasteiger partial charge in [-0.1, -0.05) is 30.3 Å². The second-order valence-electron chi connectivity index (χ2n) is 7.08. The lowest BCUT2D eigenvalue weighted by Crippen LogP contribution is -2.21. The number of thiophene rings is 1. The van der Waals surface area contributed by atoms with Gasteiger partial charge in [0.1, 0.15) is 10.6 Å². The number of rotatable bonds is 4. The van der Waals surface area contributed by atoms with E-state index in [4.69, 9.17) is 9.97 Å². The molecule has 6 nitrogen and oxygen atoms in total. The number of anilines is 1. The topological polar surface area (TPSA) is 84.8 Å². The van der Waals surface area contributed by atoms with Crippen molar-refractivity contribution in [3.05, 3.63) is 60.2 Å². The summed E-state index contributed by atoms with van der Waals surface area (Å²) in [5.74, 6) is 1.60. The molecule has 1 aliphatic rings. The molecule has 1 saturated heterocycles. The van der Waals surface area contributed by atoms with Crippen molar-refractivity contribution in [2.24, 2.45) is 0 Å². The highest BCUT2D eigenvalue weighted by molar-refractivity contribution is 7.91. The van der Waals surface area contributed by atoms with Crippen LogP contribution in [0.25, 0.3) is 32.7 Å². The molecule has 5 rings (SSSR count). The Bertz CT molecular complexity index is 1270. The molecular weight excluding hydrogens is 404 g/mol. The summed E-state index contributed by atoms with van der Waals surface area (Å²) in [6.45, 7) is 0. The fourth-order valence-corrected chi connectivity index (χ4v) is 6.22. The summed E-state index contributed by atoms with van der Waals surface area (Å²) in [6, 6.07) is 13.7. The monoisotopic (exact) mass is 422 g/mol. The van der Waals surface area contributed by atoms with E-state index < -0.39 is 9.84 Å². The average molecular weight is 423 g/mol. The first-order chi connectivity index (χ1) is 14.1. The third kappa shape index (κ3) is 3.61. The van der Waals surface area contributed by atoms with E-state index in [9.17, 15) is 8.42 Å². The molecule has 1 aliphatic heterocycles. The minimum absolute atomic E-state index is 0.130. The van der Waals surface area contributed by atoms with Gasteiger partial charge in [-0.05, 0) is 24.1 Å². The second-order valence-corrected chi connectivity index (χ2v) is 10.2. The highest BCUT2D eigenvalue weighted by Crippen LogP contribution is 2.38. The first kappa shape index (κ1) is 18.2. The van der Waals surface area contributed by atoms with Crippen LogP contribution in [0.15, 0.2) is 60.2 Å². The zero-order chi connectivity index (χ0) is 19.8. The summed E-state index contributed by atoms with van der Waals surface area (Å²) in [4.78, 5) is 14.6. The normalized spacial score (nSPS) is 18.1. The summed E-state index contributed by atoms with van der Waals surface area (Å²) < 4.78 is 23.9. The van der Waals surface area contributed by atoms with Crippen LogP contribution < -0.4 is 5.32 Å². The van der Waals surface area contributed by atoms with Crippen molar-refractivity contribution in [1.29, 1.82) is 0 Å². The van der Waals surface area contributed by atoms with Crippen LogP contribution in [0, 0.1) is 0 Å². The Labute approximate surface area is 172 Å². The average Bonchev–Trinajstić information content (AvgIpc) is 3.32. The van der Waals surface area contributed by atoms with Gasteiger partial charge in [0.15, 0.2) is 15.7 Å². The molecule has 0 radical (unpaired) electrons. The molecule has 8 heteroatoms. The fraction of sp³-hybridized carbons (Fsp3) is 0.190. The van der Waals surface area contributed by atoms with Crippen LogP contribution in [0.4, 0.5) is 5.82 Å². The van der Waals surface area contributed by atoms with E-state index in [1.54, 1.807) is 23.7 Å². The smallest absolute Gasteiger partial charge is 0.164 e. The Morgan fingerprint density at radius 1 is 1.03 bits per heavy atom. The van der Waals surface area contributed by atoms with Gasteiger partial charge in [0.05, 0.1) is 16.9 Å². The van der Waals surface area contributed by atoms with Crippen molar-refractivity contribution in [3.8, 4) is 22.5 Å². The maximum atomic E-state index is 11.9. The second kappa shape index (κ2) is 7.20. The van der Waals surface area contributed by atoms with Crippen LogP contribution in [-0.2, 0) is 9.84 Å². The number of hydrogen-bond acceptors (Lipinski definition) is 7. The van der Waals surface area contributed by atoms with Gasteiger partial charge in [-0.25, -0.2) is 18.4 Å². The summed E-state index contributed by atoms with van der Waals surface area (Å²) >= 11 is 1.56. The lowest BCUT2D eigenvalue weighted by Gasteiger charge is -2.15. The molecule has 0 saturated carbocycles. The van der Waals surface area contributed by atoms with Gasteiger partial charge >= 0.3 is 0 Å². The van der Waals surface area contributed by atoms with E-state index in [1.807, 2.05) is 30.3 Å². The summed E-state index contributed by atoms with van der Waals surface area (Å²) in [6.07, 6.45) is 4.03. The van der Waals surface area contributed by atoms with E-state index in [1.165, 1.54) is 0 Å². The number of nitrogens with zero attached hydrogens (tertiary/aromatic N) is 3.